The molecule has 1 heterocycles. The number of rotatable bonds is 5. The van der Waals surface area contributed by atoms with Gasteiger partial charge in [0, 0.05) is 34.4 Å². The summed E-state index contributed by atoms with van der Waals surface area (Å²) >= 11 is 0. The summed E-state index contributed by atoms with van der Waals surface area (Å²) in [6, 6.07) is 46.9. The summed E-state index contributed by atoms with van der Waals surface area (Å²) in [6.45, 7) is 0. The highest BCUT2D eigenvalue weighted by Gasteiger charge is 2.27. The average molecular weight is 646 g/mol. The summed E-state index contributed by atoms with van der Waals surface area (Å²) in [7, 11) is 0. The third-order valence-corrected chi connectivity index (χ3v) is 10.1. The molecule has 1 aromatic heterocycles. The number of hydrogen-bond donors (Lipinski definition) is 1. The zero-order valence-corrected chi connectivity index (χ0v) is 27.6. The van der Waals surface area contributed by atoms with E-state index in [1.54, 1.807) is 0 Å². The van der Waals surface area contributed by atoms with Crippen LogP contribution in [0.3, 0.4) is 0 Å². The van der Waals surface area contributed by atoms with Gasteiger partial charge in [0.25, 0.3) is 0 Å². The fourth-order valence-corrected chi connectivity index (χ4v) is 7.71. The Morgan fingerprint density at radius 3 is 2.22 bits per heavy atom. The van der Waals surface area contributed by atoms with Crippen molar-refractivity contribution >= 4 is 49.6 Å². The van der Waals surface area contributed by atoms with E-state index in [-0.39, 0.29) is 0 Å². The van der Waals surface area contributed by atoms with Gasteiger partial charge in [-0.05, 0) is 68.8 Å². The van der Waals surface area contributed by atoms with Gasteiger partial charge in [-0.15, -0.1) is 0 Å². The van der Waals surface area contributed by atoms with E-state index in [1.165, 1.54) is 32.7 Å². The molecule has 6 aromatic carbocycles. The van der Waals surface area contributed by atoms with Gasteiger partial charge in [0.2, 0.25) is 0 Å². The van der Waals surface area contributed by atoms with Crippen molar-refractivity contribution in [1.82, 2.24) is 0 Å². The maximum Gasteiger partial charge on any atom is 0.179 e. The number of furan rings is 1. The SMILES string of the molecule is N/N=C(\N=C(/C1=CCC(c2ccccc2)C=C1)c1ccccc1)C1=CCCc2oc3cccc(-c4cc5ccccc5c5ccccc45)c3c21. The minimum Gasteiger partial charge on any atom is -0.460 e. The zero-order valence-electron chi connectivity index (χ0n) is 27.6. The van der Waals surface area contributed by atoms with E-state index in [2.05, 4.69) is 145 Å². The summed E-state index contributed by atoms with van der Waals surface area (Å²) in [5.41, 5.74) is 9.30. The smallest absolute Gasteiger partial charge is 0.179 e. The molecule has 50 heavy (non-hydrogen) atoms. The lowest BCUT2D eigenvalue weighted by molar-refractivity contribution is 0.546. The molecule has 0 saturated heterocycles. The van der Waals surface area contributed by atoms with Crippen LogP contribution in [0.15, 0.2) is 178 Å². The lowest BCUT2D eigenvalue weighted by atomic mass is 9.87. The number of hydrogen-bond acceptors (Lipinski definition) is 3. The largest absolute Gasteiger partial charge is 0.460 e. The second-order valence-corrected chi connectivity index (χ2v) is 13.0. The van der Waals surface area contributed by atoms with Gasteiger partial charge in [0.05, 0.1) is 5.71 Å². The predicted octanol–water partition coefficient (Wildman–Crippen LogP) is 11.2. The first kappa shape index (κ1) is 29.8. The van der Waals surface area contributed by atoms with Crippen LogP contribution in [0, 0.1) is 0 Å². The number of fused-ring (bicyclic) bond motifs is 6. The Hall–Kier alpha value is -6.26. The summed E-state index contributed by atoms with van der Waals surface area (Å²) in [6.07, 6.45) is 11.5. The number of nitrogens with zero attached hydrogens (tertiary/aromatic N) is 2. The summed E-state index contributed by atoms with van der Waals surface area (Å²) < 4.78 is 6.63. The van der Waals surface area contributed by atoms with Gasteiger partial charge in [0.1, 0.15) is 11.3 Å². The van der Waals surface area contributed by atoms with Gasteiger partial charge >= 0.3 is 0 Å². The van der Waals surface area contributed by atoms with Gasteiger partial charge in [-0.1, -0.05) is 146 Å². The van der Waals surface area contributed by atoms with E-state index in [1.807, 2.05) is 18.2 Å². The highest BCUT2D eigenvalue weighted by atomic mass is 16.3. The molecule has 0 bridgehead atoms. The highest BCUT2D eigenvalue weighted by Crippen LogP contribution is 2.44. The van der Waals surface area contributed by atoms with Crippen LogP contribution in [0.2, 0.25) is 0 Å². The molecule has 1 atom stereocenters. The molecule has 0 amide bonds. The van der Waals surface area contributed by atoms with Gasteiger partial charge in [-0.3, -0.25) is 0 Å². The van der Waals surface area contributed by atoms with Crippen molar-refractivity contribution in [2.24, 2.45) is 15.9 Å². The third-order valence-electron chi connectivity index (χ3n) is 10.1. The second kappa shape index (κ2) is 12.6. The Bertz CT molecular complexity index is 2570. The van der Waals surface area contributed by atoms with Crippen molar-refractivity contribution < 1.29 is 4.42 Å². The molecule has 4 heteroatoms. The number of hydrazone groups is 1. The molecule has 9 rings (SSSR count). The molecule has 1 unspecified atom stereocenters. The van der Waals surface area contributed by atoms with Crippen LogP contribution in [0.1, 0.15) is 41.2 Å². The first-order valence-electron chi connectivity index (χ1n) is 17.3. The van der Waals surface area contributed by atoms with Crippen molar-refractivity contribution in [1.29, 1.82) is 0 Å². The molecule has 4 nitrogen and oxygen atoms in total. The Labute approximate surface area is 291 Å². The molecule has 0 fully saturated rings. The Kier molecular flexibility index (Phi) is 7.55. The quantitative estimate of drug-likeness (QED) is 0.0665. The highest BCUT2D eigenvalue weighted by molar-refractivity contribution is 6.32. The van der Waals surface area contributed by atoms with E-state index in [0.29, 0.717) is 11.8 Å². The zero-order chi connectivity index (χ0) is 33.4. The summed E-state index contributed by atoms with van der Waals surface area (Å²) in [5.74, 6) is 8.04. The average Bonchev–Trinajstić information content (AvgIpc) is 3.58. The topological polar surface area (TPSA) is 63.9 Å². The van der Waals surface area contributed by atoms with Gasteiger partial charge in [-0.2, -0.15) is 5.10 Å². The van der Waals surface area contributed by atoms with Crippen LogP contribution in [0.25, 0.3) is 49.2 Å². The molecule has 2 aliphatic rings. The number of aryl methyl sites for hydroxylation is 1. The van der Waals surface area contributed by atoms with Crippen LogP contribution in [-0.4, -0.2) is 11.5 Å². The minimum absolute atomic E-state index is 0.324. The first-order valence-corrected chi connectivity index (χ1v) is 17.3. The molecular weight excluding hydrogens is 611 g/mol. The molecule has 0 aliphatic heterocycles. The van der Waals surface area contributed by atoms with Gasteiger partial charge in [0.15, 0.2) is 5.84 Å². The molecule has 240 valence electrons. The second-order valence-electron chi connectivity index (χ2n) is 13.0. The molecule has 0 spiro atoms. The van der Waals surface area contributed by atoms with Crippen molar-refractivity contribution in [2.45, 2.75) is 25.2 Å². The van der Waals surface area contributed by atoms with Crippen LogP contribution >= 0.6 is 0 Å². The van der Waals surface area contributed by atoms with Crippen molar-refractivity contribution in [3.8, 4) is 11.1 Å². The summed E-state index contributed by atoms with van der Waals surface area (Å²) in [5, 5.41) is 10.3. The van der Waals surface area contributed by atoms with Crippen molar-refractivity contribution in [3.05, 3.63) is 186 Å². The Morgan fingerprint density at radius 2 is 1.44 bits per heavy atom. The number of amidine groups is 1. The van der Waals surface area contributed by atoms with Crippen LogP contribution < -0.4 is 5.84 Å². The maximum absolute atomic E-state index is 6.63. The molecule has 0 saturated carbocycles. The van der Waals surface area contributed by atoms with Crippen LogP contribution in [-0.2, 0) is 6.42 Å². The maximum atomic E-state index is 6.63. The normalized spacial score (nSPS) is 16.4. The lowest BCUT2D eigenvalue weighted by Gasteiger charge is -2.19. The van der Waals surface area contributed by atoms with Crippen LogP contribution in [0.4, 0.5) is 0 Å². The number of nitrogens with two attached hydrogens (primary N) is 1. The third kappa shape index (κ3) is 5.17. The van der Waals surface area contributed by atoms with E-state index >= 15 is 0 Å². The molecular formula is C46H35N3O. The fraction of sp³-hybridized carbons (Fsp3) is 0.0870. The number of allylic oxidation sites excluding steroid dienone is 5. The van der Waals surface area contributed by atoms with E-state index in [4.69, 9.17) is 15.3 Å². The number of benzene rings is 6. The van der Waals surface area contributed by atoms with Gasteiger partial charge in [-0.25, -0.2) is 4.99 Å². The fourth-order valence-electron chi connectivity index (χ4n) is 7.71. The van der Waals surface area contributed by atoms with E-state index in [9.17, 15) is 0 Å². The predicted molar refractivity (Wildman–Crippen MR) is 209 cm³/mol. The van der Waals surface area contributed by atoms with E-state index in [0.717, 1.165) is 69.5 Å². The minimum atomic E-state index is 0.324. The van der Waals surface area contributed by atoms with Gasteiger partial charge < -0.3 is 10.3 Å². The number of aliphatic imine (C=N–C) groups is 1. The molecule has 2 N–H and O–H groups in total. The van der Waals surface area contributed by atoms with E-state index < -0.39 is 0 Å². The standard InChI is InChI=1S/C46H35N3O/c47-49-46(48-45(32-15-5-2-6-16-32)33-27-25-31(26-28-33)30-13-3-1-4-14-30)39-22-12-24-42-44(39)43-38(21-11-23-41(43)50-42)40-29-34-17-7-8-18-35(34)36-19-9-10-20-37(36)40/h1-11,13-23,25,27-29,31H,12,24,26,47H2/b48-45-,49-46-. The molecule has 2 aliphatic carbocycles. The first-order chi connectivity index (χ1) is 24.8. The molecule has 7 aromatic rings. The van der Waals surface area contributed by atoms with Crippen molar-refractivity contribution in [3.63, 3.8) is 0 Å². The Balaban J connectivity index is 1.19. The van der Waals surface area contributed by atoms with Crippen LogP contribution in [0.5, 0.6) is 0 Å². The molecule has 0 radical (unpaired) electrons. The monoisotopic (exact) mass is 645 g/mol. The van der Waals surface area contributed by atoms with Crippen molar-refractivity contribution in [2.75, 3.05) is 0 Å². The lowest BCUT2D eigenvalue weighted by Crippen LogP contribution is -2.14. The Morgan fingerprint density at radius 1 is 0.700 bits per heavy atom. The summed E-state index contributed by atoms with van der Waals surface area (Å²) in [4.78, 5) is 5.30.